The number of benzene rings is 1. The lowest BCUT2D eigenvalue weighted by atomic mass is 10.0. The lowest BCUT2D eigenvalue weighted by molar-refractivity contribution is 0.151. The fourth-order valence-electron chi connectivity index (χ4n) is 3.62. The topological polar surface area (TPSA) is 32.5 Å². The summed E-state index contributed by atoms with van der Waals surface area (Å²) in [4.78, 5) is 5.11. The van der Waals surface area contributed by atoms with Gasteiger partial charge < -0.3 is 5.73 Å². The second-order valence-corrected chi connectivity index (χ2v) is 6.62. The molecule has 2 N–H and O–H groups in total. The highest BCUT2D eigenvalue weighted by Gasteiger charge is 2.29. The average molecular weight is 291 g/mol. The van der Waals surface area contributed by atoms with Crippen LogP contribution in [0.3, 0.4) is 0 Å². The van der Waals surface area contributed by atoms with Gasteiger partial charge in [0.15, 0.2) is 0 Å². The Labute approximate surface area is 126 Å². The van der Waals surface area contributed by atoms with Crippen LogP contribution in [0.5, 0.6) is 0 Å². The Balaban J connectivity index is 1.55. The molecule has 2 saturated heterocycles. The van der Waals surface area contributed by atoms with Crippen molar-refractivity contribution in [2.45, 2.75) is 44.8 Å². The summed E-state index contributed by atoms with van der Waals surface area (Å²) < 4.78 is 13.2. The maximum Gasteiger partial charge on any atom is 0.123 e. The van der Waals surface area contributed by atoms with Gasteiger partial charge in [-0.1, -0.05) is 6.07 Å². The van der Waals surface area contributed by atoms with Gasteiger partial charge in [-0.25, -0.2) is 4.39 Å². The minimum absolute atomic E-state index is 0.139. The van der Waals surface area contributed by atoms with Gasteiger partial charge in [-0.2, -0.15) is 0 Å². The molecule has 3 rings (SSSR count). The van der Waals surface area contributed by atoms with Crippen molar-refractivity contribution in [1.82, 2.24) is 9.80 Å². The molecule has 4 heteroatoms. The van der Waals surface area contributed by atoms with Crippen molar-refractivity contribution in [2.75, 3.05) is 26.2 Å². The van der Waals surface area contributed by atoms with E-state index in [1.807, 2.05) is 13.0 Å². The van der Waals surface area contributed by atoms with Crippen LogP contribution in [0.15, 0.2) is 18.2 Å². The summed E-state index contributed by atoms with van der Waals surface area (Å²) >= 11 is 0. The van der Waals surface area contributed by atoms with Crippen LogP contribution in [0.1, 0.15) is 30.4 Å². The first-order chi connectivity index (χ1) is 10.1. The number of hydrogen-bond donors (Lipinski definition) is 1. The molecule has 2 heterocycles. The summed E-state index contributed by atoms with van der Waals surface area (Å²) in [5.74, 6) is -0.139. The first kappa shape index (κ1) is 14.9. The van der Waals surface area contributed by atoms with Gasteiger partial charge in [0, 0.05) is 31.7 Å². The molecule has 3 nitrogen and oxygen atoms in total. The molecule has 2 fully saturated rings. The monoisotopic (exact) mass is 291 g/mol. The molecule has 0 amide bonds. The predicted octanol–water partition coefficient (Wildman–Crippen LogP) is 2.13. The van der Waals surface area contributed by atoms with Gasteiger partial charge in [0.05, 0.1) is 0 Å². The molecule has 21 heavy (non-hydrogen) atoms. The zero-order chi connectivity index (χ0) is 14.8. The number of nitrogens with two attached hydrogens (primary N) is 1. The first-order valence-electron chi connectivity index (χ1n) is 8.09. The molecule has 0 bridgehead atoms. The Morgan fingerprint density at radius 3 is 2.67 bits per heavy atom. The molecule has 2 aliphatic heterocycles. The van der Waals surface area contributed by atoms with Gasteiger partial charge >= 0.3 is 0 Å². The van der Waals surface area contributed by atoms with Crippen LogP contribution in [0, 0.1) is 12.7 Å². The number of hydrogen-bond acceptors (Lipinski definition) is 3. The van der Waals surface area contributed by atoms with E-state index < -0.39 is 0 Å². The maximum atomic E-state index is 13.2. The maximum absolute atomic E-state index is 13.2. The van der Waals surface area contributed by atoms with Crippen LogP contribution < -0.4 is 5.73 Å². The normalized spacial score (nSPS) is 25.6. The van der Waals surface area contributed by atoms with Gasteiger partial charge in [-0.15, -0.1) is 0 Å². The van der Waals surface area contributed by atoms with E-state index in [-0.39, 0.29) is 5.82 Å². The van der Waals surface area contributed by atoms with E-state index in [0.29, 0.717) is 12.1 Å². The Hall–Kier alpha value is -0.970. The van der Waals surface area contributed by atoms with Crippen molar-refractivity contribution >= 4 is 0 Å². The van der Waals surface area contributed by atoms with Crippen molar-refractivity contribution in [3.63, 3.8) is 0 Å². The van der Waals surface area contributed by atoms with Crippen molar-refractivity contribution in [3.05, 3.63) is 35.1 Å². The highest BCUT2D eigenvalue weighted by molar-refractivity contribution is 5.26. The van der Waals surface area contributed by atoms with E-state index in [1.54, 1.807) is 12.1 Å². The largest absolute Gasteiger partial charge is 0.328 e. The van der Waals surface area contributed by atoms with E-state index in [2.05, 4.69) is 9.80 Å². The van der Waals surface area contributed by atoms with Gasteiger partial charge in [0.2, 0.25) is 0 Å². The zero-order valence-electron chi connectivity index (χ0n) is 12.9. The molecule has 0 aliphatic carbocycles. The van der Waals surface area contributed by atoms with Crippen molar-refractivity contribution < 1.29 is 4.39 Å². The van der Waals surface area contributed by atoms with Crippen LogP contribution in [-0.4, -0.2) is 48.1 Å². The average Bonchev–Trinajstić information content (AvgIpc) is 2.91. The van der Waals surface area contributed by atoms with E-state index >= 15 is 0 Å². The van der Waals surface area contributed by atoms with Crippen LogP contribution in [-0.2, 0) is 6.54 Å². The lowest BCUT2D eigenvalue weighted by Gasteiger charge is -2.34. The lowest BCUT2D eigenvalue weighted by Crippen LogP contribution is -2.46. The van der Waals surface area contributed by atoms with Crippen LogP contribution in [0.25, 0.3) is 0 Å². The minimum atomic E-state index is -0.139. The summed E-state index contributed by atoms with van der Waals surface area (Å²) in [5.41, 5.74) is 8.29. The summed E-state index contributed by atoms with van der Waals surface area (Å²) in [5, 5.41) is 0. The summed E-state index contributed by atoms with van der Waals surface area (Å²) in [6.45, 7) is 7.51. The third-order valence-corrected chi connectivity index (χ3v) is 5.04. The molecule has 0 saturated carbocycles. The van der Waals surface area contributed by atoms with E-state index in [0.717, 1.165) is 51.1 Å². The highest BCUT2D eigenvalue weighted by Crippen LogP contribution is 2.22. The molecular weight excluding hydrogens is 265 g/mol. The first-order valence-corrected chi connectivity index (χ1v) is 8.09. The second kappa shape index (κ2) is 6.42. The molecular formula is C17H26FN3. The number of nitrogens with zero attached hydrogens (tertiary/aromatic N) is 2. The van der Waals surface area contributed by atoms with Crippen LogP contribution >= 0.6 is 0 Å². The number of piperidine rings is 1. The third-order valence-electron chi connectivity index (χ3n) is 5.04. The van der Waals surface area contributed by atoms with Gasteiger partial charge in [-0.3, -0.25) is 9.80 Å². The zero-order valence-corrected chi connectivity index (χ0v) is 12.9. The predicted molar refractivity (Wildman–Crippen MR) is 83.6 cm³/mol. The Morgan fingerprint density at radius 1 is 1.19 bits per heavy atom. The van der Waals surface area contributed by atoms with E-state index in [4.69, 9.17) is 5.73 Å². The Morgan fingerprint density at radius 2 is 1.95 bits per heavy atom. The second-order valence-electron chi connectivity index (χ2n) is 6.62. The molecule has 2 aliphatic rings. The molecule has 0 radical (unpaired) electrons. The molecule has 1 aromatic rings. The van der Waals surface area contributed by atoms with E-state index in [1.165, 1.54) is 12.0 Å². The quantitative estimate of drug-likeness (QED) is 0.926. The van der Waals surface area contributed by atoms with Crippen molar-refractivity contribution in [3.8, 4) is 0 Å². The Bertz CT molecular complexity index is 483. The van der Waals surface area contributed by atoms with Gasteiger partial charge in [0.1, 0.15) is 5.82 Å². The summed E-state index contributed by atoms with van der Waals surface area (Å²) in [7, 11) is 0. The molecule has 0 spiro atoms. The molecule has 1 atom stereocenters. The standard InChI is InChI=1S/C17H26FN3/c1-13-10-15(18)3-2-14(13)11-20-7-6-17(12-20)21-8-4-16(19)5-9-21/h2-3,10,16-17H,4-9,11-12,19H2,1H3. The molecule has 116 valence electrons. The SMILES string of the molecule is Cc1cc(F)ccc1CN1CCC(N2CCC(N)CC2)C1. The van der Waals surface area contributed by atoms with Crippen LogP contribution in [0.2, 0.25) is 0 Å². The van der Waals surface area contributed by atoms with Crippen molar-refractivity contribution in [2.24, 2.45) is 5.73 Å². The number of likely N-dealkylation sites (tertiary alicyclic amines) is 2. The Kier molecular flexibility index (Phi) is 4.57. The van der Waals surface area contributed by atoms with Crippen LogP contribution in [0.4, 0.5) is 4.39 Å². The summed E-state index contributed by atoms with van der Waals surface area (Å²) in [6, 6.07) is 6.22. The number of halogens is 1. The highest BCUT2D eigenvalue weighted by atomic mass is 19.1. The fourth-order valence-corrected chi connectivity index (χ4v) is 3.62. The minimum Gasteiger partial charge on any atom is -0.328 e. The van der Waals surface area contributed by atoms with Gasteiger partial charge in [-0.05, 0) is 62.5 Å². The van der Waals surface area contributed by atoms with E-state index in [9.17, 15) is 4.39 Å². The smallest absolute Gasteiger partial charge is 0.123 e. The molecule has 1 unspecified atom stereocenters. The fraction of sp³-hybridized carbons (Fsp3) is 0.647. The van der Waals surface area contributed by atoms with Gasteiger partial charge in [0.25, 0.3) is 0 Å². The van der Waals surface area contributed by atoms with Crippen molar-refractivity contribution in [1.29, 1.82) is 0 Å². The number of aryl methyl sites for hydroxylation is 1. The number of rotatable bonds is 3. The molecule has 0 aromatic heterocycles. The summed E-state index contributed by atoms with van der Waals surface area (Å²) in [6.07, 6.45) is 3.51. The third kappa shape index (κ3) is 3.62. The molecule has 1 aromatic carbocycles.